The topological polar surface area (TPSA) is 76.4 Å². The fourth-order valence-corrected chi connectivity index (χ4v) is 1.94. The van der Waals surface area contributed by atoms with E-state index in [1.807, 2.05) is 32.9 Å². The van der Waals surface area contributed by atoms with Crippen LogP contribution in [0.25, 0.3) is 0 Å². The van der Waals surface area contributed by atoms with E-state index in [4.69, 9.17) is 5.73 Å². The number of anilines is 1. The molecule has 1 heterocycles. The summed E-state index contributed by atoms with van der Waals surface area (Å²) in [6.07, 6.45) is 0. The van der Waals surface area contributed by atoms with Crippen LogP contribution in [0.4, 0.5) is 5.69 Å². The molecule has 0 bridgehead atoms. The molecular weight excluding hydrogens is 334 g/mol. The summed E-state index contributed by atoms with van der Waals surface area (Å²) in [6.45, 7) is 8.91. The molecule has 1 saturated heterocycles. The number of benzene rings is 1. The monoisotopic (exact) mass is 357 g/mol. The van der Waals surface area contributed by atoms with Gasteiger partial charge in [-0.1, -0.05) is 22.0 Å². The summed E-state index contributed by atoms with van der Waals surface area (Å²) in [5, 5.41) is 6.66. The molecule has 0 atom stereocenters. The average molecular weight is 358 g/mol. The fraction of sp³-hybridized carbons (Fsp3) is 0.533. The maximum absolute atomic E-state index is 9.60. The standard InChI is InChI=1S/C10H14BrN3.C5H10O2/c11-8-2-1-7(10(12)3-8)4-14-9-5-13-6-9;1-5(2,3)7-4-6/h1-3,9,13-14H,4-6,12H2;4H,1-3H3. The molecule has 0 amide bonds. The van der Waals surface area contributed by atoms with Crippen molar-refractivity contribution in [2.24, 2.45) is 0 Å². The van der Waals surface area contributed by atoms with Gasteiger partial charge in [0.05, 0.1) is 0 Å². The molecule has 0 aromatic heterocycles. The quantitative estimate of drug-likeness (QED) is 0.567. The zero-order valence-corrected chi connectivity index (χ0v) is 14.4. The first-order valence-corrected chi connectivity index (χ1v) is 7.70. The molecule has 1 fully saturated rings. The van der Waals surface area contributed by atoms with Crippen LogP contribution in [0.5, 0.6) is 0 Å². The molecule has 5 nitrogen and oxygen atoms in total. The number of carbonyl (C=O) groups excluding carboxylic acids is 1. The van der Waals surface area contributed by atoms with Gasteiger partial charge in [0.1, 0.15) is 5.60 Å². The van der Waals surface area contributed by atoms with Crippen LogP contribution in [0.1, 0.15) is 26.3 Å². The summed E-state index contributed by atoms with van der Waals surface area (Å²) in [7, 11) is 0. The molecule has 2 rings (SSSR count). The second-order valence-electron chi connectivity index (χ2n) is 5.91. The molecule has 0 spiro atoms. The lowest BCUT2D eigenvalue weighted by Crippen LogP contribution is -2.55. The Morgan fingerprint density at radius 1 is 1.48 bits per heavy atom. The van der Waals surface area contributed by atoms with Crippen molar-refractivity contribution in [1.82, 2.24) is 10.6 Å². The molecule has 0 saturated carbocycles. The van der Waals surface area contributed by atoms with Gasteiger partial charge in [-0.25, -0.2) is 0 Å². The van der Waals surface area contributed by atoms with Crippen molar-refractivity contribution in [3.63, 3.8) is 0 Å². The first kappa shape index (κ1) is 17.9. The van der Waals surface area contributed by atoms with E-state index in [1.165, 1.54) is 5.56 Å². The number of hydrogen-bond acceptors (Lipinski definition) is 5. The molecule has 1 aliphatic heterocycles. The Bertz CT molecular complexity index is 457. The van der Waals surface area contributed by atoms with Crippen molar-refractivity contribution in [2.75, 3.05) is 18.8 Å². The predicted molar refractivity (Wildman–Crippen MR) is 89.0 cm³/mol. The molecule has 6 heteroatoms. The smallest absolute Gasteiger partial charge is 0.293 e. The number of nitrogens with one attached hydrogen (secondary N) is 2. The summed E-state index contributed by atoms with van der Waals surface area (Å²) in [5.74, 6) is 0. The summed E-state index contributed by atoms with van der Waals surface area (Å²) in [5.41, 5.74) is 7.58. The Kier molecular flexibility index (Phi) is 7.14. The van der Waals surface area contributed by atoms with Crippen LogP contribution in [-0.4, -0.2) is 31.2 Å². The van der Waals surface area contributed by atoms with Crippen LogP contribution in [0.2, 0.25) is 0 Å². The third-order valence-corrected chi connectivity index (χ3v) is 3.37. The number of carbonyl (C=O) groups is 1. The Morgan fingerprint density at radius 3 is 2.52 bits per heavy atom. The van der Waals surface area contributed by atoms with E-state index < -0.39 is 0 Å². The minimum atomic E-state index is -0.318. The summed E-state index contributed by atoms with van der Waals surface area (Å²) in [4.78, 5) is 9.60. The van der Waals surface area contributed by atoms with E-state index in [2.05, 4.69) is 37.4 Å². The number of ether oxygens (including phenoxy) is 1. The number of nitrogen functional groups attached to an aromatic ring is 1. The van der Waals surface area contributed by atoms with Crippen LogP contribution in [0, 0.1) is 0 Å². The van der Waals surface area contributed by atoms with E-state index in [1.54, 1.807) is 0 Å². The largest absolute Gasteiger partial charge is 0.462 e. The van der Waals surface area contributed by atoms with Gasteiger partial charge >= 0.3 is 0 Å². The summed E-state index contributed by atoms with van der Waals surface area (Å²) in [6, 6.07) is 6.62. The number of halogens is 1. The van der Waals surface area contributed by atoms with E-state index in [0.717, 1.165) is 29.8 Å². The maximum Gasteiger partial charge on any atom is 0.293 e. The fourth-order valence-electron chi connectivity index (χ4n) is 1.56. The van der Waals surface area contributed by atoms with Crippen LogP contribution in [-0.2, 0) is 16.1 Å². The lowest BCUT2D eigenvalue weighted by Gasteiger charge is -2.28. The molecule has 1 aromatic carbocycles. The van der Waals surface area contributed by atoms with Crippen LogP contribution >= 0.6 is 15.9 Å². The van der Waals surface area contributed by atoms with Crippen molar-refractivity contribution in [3.05, 3.63) is 28.2 Å². The Hall–Kier alpha value is -1.11. The molecule has 118 valence electrons. The Balaban J connectivity index is 0.000000270. The second-order valence-corrected chi connectivity index (χ2v) is 6.82. The molecular formula is C15H24BrN3O2. The zero-order valence-electron chi connectivity index (χ0n) is 12.8. The first-order valence-electron chi connectivity index (χ1n) is 6.91. The van der Waals surface area contributed by atoms with Gasteiger partial charge in [-0.05, 0) is 38.5 Å². The average Bonchev–Trinajstić information content (AvgIpc) is 2.29. The number of hydrogen-bond donors (Lipinski definition) is 3. The van der Waals surface area contributed by atoms with Gasteiger partial charge in [0, 0.05) is 35.8 Å². The highest BCUT2D eigenvalue weighted by molar-refractivity contribution is 9.10. The summed E-state index contributed by atoms with van der Waals surface area (Å²) < 4.78 is 5.58. The maximum atomic E-state index is 9.60. The zero-order chi connectivity index (χ0) is 15.9. The molecule has 1 aliphatic rings. The van der Waals surface area contributed by atoms with Crippen LogP contribution in [0.15, 0.2) is 22.7 Å². The van der Waals surface area contributed by atoms with Crippen LogP contribution in [0.3, 0.4) is 0 Å². The summed E-state index contributed by atoms with van der Waals surface area (Å²) >= 11 is 3.39. The number of rotatable bonds is 4. The Morgan fingerprint density at radius 2 is 2.14 bits per heavy atom. The van der Waals surface area contributed by atoms with Gasteiger partial charge in [0.2, 0.25) is 0 Å². The second kappa shape index (κ2) is 8.36. The van der Waals surface area contributed by atoms with Gasteiger partial charge < -0.3 is 21.1 Å². The van der Waals surface area contributed by atoms with E-state index in [-0.39, 0.29) is 5.60 Å². The molecule has 0 unspecified atom stereocenters. The van der Waals surface area contributed by atoms with Gasteiger partial charge in [-0.3, -0.25) is 4.79 Å². The van der Waals surface area contributed by atoms with E-state index in [0.29, 0.717) is 12.5 Å². The number of nitrogens with two attached hydrogens (primary N) is 1. The highest BCUT2D eigenvalue weighted by Gasteiger charge is 2.15. The van der Waals surface area contributed by atoms with Crippen molar-refractivity contribution >= 4 is 28.1 Å². The van der Waals surface area contributed by atoms with Crippen LogP contribution < -0.4 is 16.4 Å². The first-order chi connectivity index (χ1) is 9.81. The highest BCUT2D eigenvalue weighted by atomic mass is 79.9. The normalized spacial score (nSPS) is 14.7. The van der Waals surface area contributed by atoms with Crippen molar-refractivity contribution in [2.45, 2.75) is 39.0 Å². The van der Waals surface area contributed by atoms with Crippen molar-refractivity contribution < 1.29 is 9.53 Å². The molecule has 0 radical (unpaired) electrons. The Labute approximate surface area is 134 Å². The van der Waals surface area contributed by atoms with Gasteiger partial charge in [-0.15, -0.1) is 0 Å². The molecule has 1 aromatic rings. The lowest BCUT2D eigenvalue weighted by atomic mass is 10.1. The molecule has 4 N–H and O–H groups in total. The molecule has 0 aliphatic carbocycles. The highest BCUT2D eigenvalue weighted by Crippen LogP contribution is 2.18. The van der Waals surface area contributed by atoms with Gasteiger partial charge in [-0.2, -0.15) is 0 Å². The van der Waals surface area contributed by atoms with Gasteiger partial charge in [0.15, 0.2) is 0 Å². The minimum absolute atomic E-state index is 0.318. The molecule has 21 heavy (non-hydrogen) atoms. The van der Waals surface area contributed by atoms with Crippen molar-refractivity contribution in [1.29, 1.82) is 0 Å². The lowest BCUT2D eigenvalue weighted by molar-refractivity contribution is -0.138. The SMILES string of the molecule is CC(C)(C)OC=O.Nc1cc(Br)ccc1CNC1CNC1. The minimum Gasteiger partial charge on any atom is -0.462 e. The van der Waals surface area contributed by atoms with Crippen molar-refractivity contribution in [3.8, 4) is 0 Å². The third kappa shape index (κ3) is 7.45. The predicted octanol–water partition coefficient (Wildman–Crippen LogP) is 2.05. The third-order valence-electron chi connectivity index (χ3n) is 2.87. The van der Waals surface area contributed by atoms with E-state index >= 15 is 0 Å². The van der Waals surface area contributed by atoms with Gasteiger partial charge in [0.25, 0.3) is 6.47 Å². The van der Waals surface area contributed by atoms with E-state index in [9.17, 15) is 4.79 Å².